The van der Waals surface area contributed by atoms with Crippen molar-refractivity contribution in [2.75, 3.05) is 11.6 Å². The largest absolute Gasteiger partial charge is 0.289 e. The summed E-state index contributed by atoms with van der Waals surface area (Å²) in [5.41, 5.74) is 1.83. The quantitative estimate of drug-likeness (QED) is 0.519. The molecule has 6 heteroatoms. The molecule has 1 heterocycles. The Morgan fingerprint density at radius 3 is 2.22 bits per heavy atom. The van der Waals surface area contributed by atoms with Crippen molar-refractivity contribution in [3.63, 3.8) is 0 Å². The lowest BCUT2D eigenvalue weighted by molar-refractivity contribution is -0.140. The molecule has 32 heavy (non-hydrogen) atoms. The molecule has 3 fully saturated rings. The number of nitrogens with zero attached hydrogens (tertiary/aromatic N) is 2. The zero-order valence-electron chi connectivity index (χ0n) is 17.6. The number of imide groups is 1. The number of carbonyl (C=O) groups excluding carboxylic acids is 3. The molecule has 0 radical (unpaired) electrons. The van der Waals surface area contributed by atoms with Crippen LogP contribution >= 0.6 is 11.6 Å². The maximum absolute atomic E-state index is 13.5. The van der Waals surface area contributed by atoms with E-state index in [9.17, 15) is 14.4 Å². The Hall–Kier alpha value is -2.92. The smallest absolute Gasteiger partial charge is 0.259 e. The molecule has 1 saturated heterocycles. The monoisotopic (exact) mass is 446 g/mol. The number of likely N-dealkylation sites (tertiary alicyclic amines) is 1. The highest BCUT2D eigenvalue weighted by Gasteiger charge is 2.67. The van der Waals surface area contributed by atoms with Crippen molar-refractivity contribution >= 4 is 35.0 Å². The molecule has 5 nitrogen and oxygen atoms in total. The molecule has 5 aliphatic rings. The maximum Gasteiger partial charge on any atom is 0.259 e. The zero-order chi connectivity index (χ0) is 22.1. The Labute approximate surface area is 191 Å². The lowest BCUT2D eigenvalue weighted by atomic mass is 9.63. The minimum atomic E-state index is -0.282. The van der Waals surface area contributed by atoms with Crippen molar-refractivity contribution in [2.24, 2.45) is 35.5 Å². The summed E-state index contributed by atoms with van der Waals surface area (Å²) in [5.74, 6) is 0.275. The molecule has 0 N–H and O–H groups in total. The molecular weight excluding hydrogens is 424 g/mol. The van der Waals surface area contributed by atoms with Crippen molar-refractivity contribution in [1.29, 1.82) is 0 Å². The van der Waals surface area contributed by atoms with Crippen LogP contribution in [0.4, 0.5) is 5.69 Å². The first kappa shape index (κ1) is 19.7. The molecule has 3 amide bonds. The predicted octanol–water partition coefficient (Wildman–Crippen LogP) is 4.31. The van der Waals surface area contributed by atoms with Crippen LogP contribution in [0.3, 0.4) is 0 Å². The van der Waals surface area contributed by atoms with Gasteiger partial charge in [0.25, 0.3) is 5.91 Å². The number of amides is 3. The molecule has 6 atom stereocenters. The van der Waals surface area contributed by atoms with E-state index in [1.165, 1.54) is 9.80 Å². The summed E-state index contributed by atoms with van der Waals surface area (Å²) in [6.07, 6.45) is 5.43. The second kappa shape index (κ2) is 7.04. The lowest BCUT2D eigenvalue weighted by Crippen LogP contribution is -2.45. The van der Waals surface area contributed by atoms with E-state index in [1.54, 1.807) is 42.5 Å². The number of carbonyl (C=O) groups is 3. The fourth-order valence-corrected chi connectivity index (χ4v) is 6.34. The number of allylic oxidation sites excluding steroid dienone is 2. The Balaban J connectivity index is 1.37. The molecule has 0 spiro atoms. The second-order valence-corrected chi connectivity index (χ2v) is 9.79. The van der Waals surface area contributed by atoms with Crippen molar-refractivity contribution in [1.82, 2.24) is 4.90 Å². The van der Waals surface area contributed by atoms with Crippen LogP contribution in [0.15, 0.2) is 60.7 Å². The van der Waals surface area contributed by atoms with E-state index in [4.69, 9.17) is 11.6 Å². The van der Waals surface area contributed by atoms with Gasteiger partial charge >= 0.3 is 0 Å². The van der Waals surface area contributed by atoms with Crippen LogP contribution in [-0.4, -0.2) is 29.3 Å². The third-order valence-electron chi connectivity index (χ3n) is 7.83. The number of halogens is 1. The van der Waals surface area contributed by atoms with Crippen LogP contribution in [-0.2, 0) is 9.59 Å². The molecule has 0 aromatic heterocycles. The number of hydrogen-bond acceptors (Lipinski definition) is 3. The van der Waals surface area contributed by atoms with Gasteiger partial charge in [-0.15, -0.1) is 0 Å². The van der Waals surface area contributed by atoms with E-state index >= 15 is 0 Å². The third kappa shape index (κ3) is 2.73. The van der Waals surface area contributed by atoms with Gasteiger partial charge in [0.1, 0.15) is 6.67 Å². The second-order valence-electron chi connectivity index (χ2n) is 9.38. The highest BCUT2D eigenvalue weighted by molar-refractivity contribution is 6.31. The summed E-state index contributed by atoms with van der Waals surface area (Å²) in [6, 6.07) is 14.3. The van der Waals surface area contributed by atoms with E-state index in [0.29, 0.717) is 28.1 Å². The van der Waals surface area contributed by atoms with Crippen molar-refractivity contribution in [3.05, 3.63) is 76.8 Å². The van der Waals surface area contributed by atoms with Gasteiger partial charge < -0.3 is 0 Å². The molecule has 7 rings (SSSR count). The normalized spacial score (nSPS) is 31.5. The number of anilines is 1. The van der Waals surface area contributed by atoms with Gasteiger partial charge in [-0.1, -0.05) is 48.0 Å². The van der Waals surface area contributed by atoms with E-state index in [-0.39, 0.29) is 48.1 Å². The van der Waals surface area contributed by atoms with Crippen LogP contribution < -0.4 is 4.90 Å². The molecular formula is C26H23ClN2O3. The fraction of sp³-hybridized carbons (Fsp3) is 0.346. The Bertz CT molecular complexity index is 1140. The predicted molar refractivity (Wildman–Crippen MR) is 121 cm³/mol. The van der Waals surface area contributed by atoms with Gasteiger partial charge in [0.05, 0.1) is 17.5 Å². The first-order valence-corrected chi connectivity index (χ1v) is 11.5. The number of hydrogen-bond donors (Lipinski definition) is 0. The lowest BCUT2D eigenvalue weighted by Gasteiger charge is -2.37. The van der Waals surface area contributed by atoms with Crippen LogP contribution in [0, 0.1) is 42.4 Å². The molecule has 2 bridgehead atoms. The van der Waals surface area contributed by atoms with E-state index in [0.717, 1.165) is 12.0 Å². The highest BCUT2D eigenvalue weighted by atomic mass is 35.5. The first-order valence-electron chi connectivity index (χ1n) is 11.1. The summed E-state index contributed by atoms with van der Waals surface area (Å²) in [6.45, 7) is 1.74. The minimum absolute atomic E-state index is 0.103. The van der Waals surface area contributed by atoms with Gasteiger partial charge in [-0.2, -0.15) is 0 Å². The average Bonchev–Trinajstić information content (AvgIpc) is 3.60. The van der Waals surface area contributed by atoms with Gasteiger partial charge in [0.2, 0.25) is 11.8 Å². The van der Waals surface area contributed by atoms with E-state index in [1.807, 2.05) is 13.0 Å². The Morgan fingerprint density at radius 2 is 1.59 bits per heavy atom. The molecule has 2 saturated carbocycles. The van der Waals surface area contributed by atoms with Gasteiger partial charge in [0.15, 0.2) is 0 Å². The molecule has 162 valence electrons. The van der Waals surface area contributed by atoms with Crippen molar-refractivity contribution in [2.45, 2.75) is 13.3 Å². The van der Waals surface area contributed by atoms with E-state index in [2.05, 4.69) is 12.2 Å². The molecule has 1 aliphatic heterocycles. The summed E-state index contributed by atoms with van der Waals surface area (Å²) < 4.78 is 0. The number of benzene rings is 2. The summed E-state index contributed by atoms with van der Waals surface area (Å²) in [7, 11) is 0. The maximum atomic E-state index is 13.5. The van der Waals surface area contributed by atoms with Crippen LogP contribution in [0.2, 0.25) is 5.02 Å². The van der Waals surface area contributed by atoms with Gasteiger partial charge in [-0.25, -0.2) is 0 Å². The fourth-order valence-electron chi connectivity index (χ4n) is 6.17. The molecule has 4 aliphatic carbocycles. The molecule has 6 unspecified atom stereocenters. The van der Waals surface area contributed by atoms with Crippen LogP contribution in [0.25, 0.3) is 0 Å². The molecule has 2 aromatic carbocycles. The van der Waals surface area contributed by atoms with Gasteiger partial charge in [-0.05, 0) is 66.8 Å². The minimum Gasteiger partial charge on any atom is -0.289 e. The van der Waals surface area contributed by atoms with Crippen molar-refractivity contribution in [3.8, 4) is 0 Å². The Morgan fingerprint density at radius 1 is 0.969 bits per heavy atom. The van der Waals surface area contributed by atoms with Gasteiger partial charge in [0, 0.05) is 10.6 Å². The Kier molecular flexibility index (Phi) is 4.34. The highest BCUT2D eigenvalue weighted by Crippen LogP contribution is 2.65. The van der Waals surface area contributed by atoms with Crippen LogP contribution in [0.1, 0.15) is 22.3 Å². The van der Waals surface area contributed by atoms with Gasteiger partial charge in [-0.3, -0.25) is 24.2 Å². The number of rotatable bonds is 4. The summed E-state index contributed by atoms with van der Waals surface area (Å²) >= 11 is 6.36. The molecule has 2 aromatic rings. The van der Waals surface area contributed by atoms with Crippen molar-refractivity contribution < 1.29 is 14.4 Å². The zero-order valence-corrected chi connectivity index (χ0v) is 18.4. The summed E-state index contributed by atoms with van der Waals surface area (Å²) in [5, 5.41) is 0.531. The third-order valence-corrected chi connectivity index (χ3v) is 8.24. The standard InChI is InChI=1S/C26H23ClN2O3/c1-14-20(27)8-5-9-21(14)28(24(30)15-6-3-2-4-7-15)13-29-25(31)22-16-10-11-17(19-12-18(16)19)23(22)26(29)32/h2-11,16-19,22-23H,12-13H2,1H3. The summed E-state index contributed by atoms with van der Waals surface area (Å²) in [4.78, 5) is 43.4. The topological polar surface area (TPSA) is 57.7 Å². The average molecular weight is 447 g/mol. The van der Waals surface area contributed by atoms with E-state index < -0.39 is 0 Å². The first-order chi connectivity index (χ1) is 15.5. The van der Waals surface area contributed by atoms with Crippen LogP contribution in [0.5, 0.6) is 0 Å². The SMILES string of the molecule is Cc1c(Cl)cccc1N(CN1C(=O)C2C3C=CC(C4CC34)C2C1=O)C(=O)c1ccccc1.